The Labute approximate surface area is 236 Å². The summed E-state index contributed by atoms with van der Waals surface area (Å²) in [5, 5.41) is 32.1. The lowest BCUT2D eigenvalue weighted by molar-refractivity contribution is 0.444. The second-order valence-corrected chi connectivity index (χ2v) is 14.4. The molecule has 0 radical (unpaired) electrons. The van der Waals surface area contributed by atoms with Crippen LogP contribution in [0.4, 0.5) is 0 Å². The van der Waals surface area contributed by atoms with Crippen molar-refractivity contribution in [2.45, 2.75) is 117 Å². The van der Waals surface area contributed by atoms with Gasteiger partial charge in [0.25, 0.3) is 0 Å². The minimum absolute atomic E-state index is 0.0665. The van der Waals surface area contributed by atoms with E-state index in [0.717, 1.165) is 36.0 Å². The van der Waals surface area contributed by atoms with Crippen molar-refractivity contribution in [3.8, 4) is 17.2 Å². The van der Waals surface area contributed by atoms with Gasteiger partial charge in [0.05, 0.1) is 0 Å². The van der Waals surface area contributed by atoms with Crippen LogP contribution in [-0.2, 0) is 16.2 Å². The van der Waals surface area contributed by atoms with Crippen molar-refractivity contribution in [3.05, 3.63) is 88.0 Å². The molecule has 0 aliphatic heterocycles. The van der Waals surface area contributed by atoms with Crippen LogP contribution in [0.2, 0.25) is 0 Å². The van der Waals surface area contributed by atoms with Crippen molar-refractivity contribution < 1.29 is 15.3 Å². The molecule has 1 unspecified atom stereocenters. The van der Waals surface area contributed by atoms with Gasteiger partial charge >= 0.3 is 0 Å². The van der Waals surface area contributed by atoms with E-state index >= 15 is 0 Å². The van der Waals surface area contributed by atoms with Gasteiger partial charge in [0.2, 0.25) is 0 Å². The first kappa shape index (κ1) is 30.6. The lowest BCUT2D eigenvalue weighted by atomic mass is 9.75. The van der Waals surface area contributed by atoms with Crippen LogP contribution in [0.25, 0.3) is 0 Å². The van der Waals surface area contributed by atoms with E-state index < -0.39 is 0 Å². The molecule has 39 heavy (non-hydrogen) atoms. The van der Waals surface area contributed by atoms with E-state index in [0.29, 0.717) is 17.2 Å². The lowest BCUT2D eigenvalue weighted by Gasteiger charge is -2.30. The van der Waals surface area contributed by atoms with Gasteiger partial charge in [0, 0.05) is 5.92 Å². The van der Waals surface area contributed by atoms with Gasteiger partial charge in [-0.25, -0.2) is 0 Å². The maximum absolute atomic E-state index is 10.7. The molecule has 3 nitrogen and oxygen atoms in total. The Morgan fingerprint density at radius 1 is 0.538 bits per heavy atom. The van der Waals surface area contributed by atoms with Crippen molar-refractivity contribution in [1.29, 1.82) is 0 Å². The van der Waals surface area contributed by atoms with Crippen LogP contribution in [0.5, 0.6) is 17.2 Å². The van der Waals surface area contributed by atoms with E-state index in [9.17, 15) is 15.3 Å². The molecular weight excluding hydrogens is 480 g/mol. The second-order valence-electron chi connectivity index (χ2n) is 14.4. The summed E-state index contributed by atoms with van der Waals surface area (Å²) >= 11 is 0. The van der Waals surface area contributed by atoms with E-state index in [4.69, 9.17) is 0 Å². The summed E-state index contributed by atoms with van der Waals surface area (Å²) in [7, 11) is 0. The van der Waals surface area contributed by atoms with Crippen LogP contribution in [0, 0.1) is 0 Å². The molecule has 0 saturated carbocycles. The van der Waals surface area contributed by atoms with Crippen LogP contribution in [-0.4, -0.2) is 15.3 Å². The Kier molecular flexibility index (Phi) is 8.85. The molecule has 0 aromatic heterocycles. The summed E-state index contributed by atoms with van der Waals surface area (Å²) in [5.41, 5.74) is 5.87. The molecule has 0 heterocycles. The maximum Gasteiger partial charge on any atom is 0.119 e. The topological polar surface area (TPSA) is 60.7 Å². The fourth-order valence-corrected chi connectivity index (χ4v) is 5.67. The van der Waals surface area contributed by atoms with Crippen molar-refractivity contribution in [1.82, 2.24) is 0 Å². The number of hydrogen-bond acceptors (Lipinski definition) is 3. The predicted molar refractivity (Wildman–Crippen MR) is 165 cm³/mol. The number of rotatable bonds is 7. The molecular formula is C36H50O3. The molecule has 0 spiro atoms. The summed E-state index contributed by atoms with van der Waals surface area (Å²) < 4.78 is 0. The minimum atomic E-state index is -0.197. The number of aromatic hydroxyl groups is 3. The average molecular weight is 531 g/mol. The summed E-state index contributed by atoms with van der Waals surface area (Å²) in [6.07, 6.45) is 2.96. The van der Waals surface area contributed by atoms with E-state index in [1.165, 1.54) is 16.7 Å². The van der Waals surface area contributed by atoms with Gasteiger partial charge in [-0.05, 0) is 86.6 Å². The molecule has 3 rings (SSSR count). The van der Waals surface area contributed by atoms with Gasteiger partial charge in [-0.15, -0.1) is 0 Å². The Morgan fingerprint density at radius 2 is 0.872 bits per heavy atom. The van der Waals surface area contributed by atoms with E-state index in [2.05, 4.69) is 106 Å². The first-order valence-corrected chi connectivity index (χ1v) is 14.4. The molecule has 212 valence electrons. The monoisotopic (exact) mass is 530 g/mol. The van der Waals surface area contributed by atoms with Crippen LogP contribution in [0.15, 0.2) is 54.6 Å². The van der Waals surface area contributed by atoms with Crippen molar-refractivity contribution in [3.63, 3.8) is 0 Å². The smallest absolute Gasteiger partial charge is 0.119 e. The molecule has 3 heteroatoms. The third-order valence-corrected chi connectivity index (χ3v) is 7.92. The zero-order chi connectivity index (χ0) is 29.3. The van der Waals surface area contributed by atoms with Crippen LogP contribution in [0.3, 0.4) is 0 Å². The largest absolute Gasteiger partial charge is 0.508 e. The Bertz CT molecular complexity index is 1220. The predicted octanol–water partition coefficient (Wildman–Crippen LogP) is 9.80. The van der Waals surface area contributed by atoms with Crippen molar-refractivity contribution >= 4 is 0 Å². The van der Waals surface area contributed by atoms with Crippen LogP contribution >= 0.6 is 0 Å². The quantitative estimate of drug-likeness (QED) is 0.285. The standard InChI is InChI=1S/C36H50O3/c1-11-12-23(24-13-16-31(37)28(20-24)34(2,3)4)19-27(25-14-17-32(38)29(21-25)35(5,6)7)26-15-18-33(39)30(22-26)36(8,9)10/h13-18,20-23,27,37-39H,11-12,19H2,1-10H3. The number of phenolic OH excluding ortho intramolecular Hbond substituents is 3. The molecule has 0 fully saturated rings. The van der Waals surface area contributed by atoms with Gasteiger partial charge < -0.3 is 15.3 Å². The van der Waals surface area contributed by atoms with Gasteiger partial charge in [-0.3, -0.25) is 0 Å². The normalized spacial score (nSPS) is 13.6. The van der Waals surface area contributed by atoms with Gasteiger partial charge in [-0.2, -0.15) is 0 Å². The average Bonchev–Trinajstić information content (AvgIpc) is 2.81. The zero-order valence-corrected chi connectivity index (χ0v) is 25.8. The van der Waals surface area contributed by atoms with Gasteiger partial charge in [0.1, 0.15) is 17.2 Å². The highest BCUT2D eigenvalue weighted by Crippen LogP contribution is 2.44. The Hall–Kier alpha value is -2.94. The lowest BCUT2D eigenvalue weighted by Crippen LogP contribution is -2.16. The van der Waals surface area contributed by atoms with Gasteiger partial charge in [-0.1, -0.05) is 112 Å². The summed E-state index contributed by atoms with van der Waals surface area (Å²) in [5.74, 6) is 1.34. The SMILES string of the molecule is CCCC(CC(c1ccc(O)c(C(C)(C)C)c1)c1ccc(O)c(C(C)(C)C)c1)c1ccc(O)c(C(C)(C)C)c1. The molecule has 0 amide bonds. The number of benzene rings is 3. The third kappa shape index (κ3) is 7.18. The molecule has 3 aromatic carbocycles. The highest BCUT2D eigenvalue weighted by molar-refractivity contribution is 5.48. The maximum atomic E-state index is 10.7. The summed E-state index contributed by atoms with van der Waals surface area (Å²) in [6, 6.07) is 18.2. The summed E-state index contributed by atoms with van der Waals surface area (Å²) in [4.78, 5) is 0. The second kappa shape index (κ2) is 11.3. The molecule has 1 atom stereocenters. The molecule has 0 aliphatic rings. The van der Waals surface area contributed by atoms with E-state index in [-0.39, 0.29) is 28.1 Å². The fraction of sp³-hybridized carbons (Fsp3) is 0.500. The molecule has 3 N–H and O–H groups in total. The van der Waals surface area contributed by atoms with E-state index in [1.807, 2.05) is 18.2 Å². The van der Waals surface area contributed by atoms with Gasteiger partial charge in [0.15, 0.2) is 0 Å². The first-order valence-electron chi connectivity index (χ1n) is 14.4. The van der Waals surface area contributed by atoms with Crippen LogP contribution in [0.1, 0.15) is 134 Å². The summed E-state index contributed by atoms with van der Waals surface area (Å²) in [6.45, 7) is 21.4. The van der Waals surface area contributed by atoms with Crippen LogP contribution < -0.4 is 0 Å². The van der Waals surface area contributed by atoms with Crippen molar-refractivity contribution in [2.24, 2.45) is 0 Å². The zero-order valence-electron chi connectivity index (χ0n) is 25.8. The highest BCUT2D eigenvalue weighted by atomic mass is 16.3. The molecule has 0 saturated heterocycles. The highest BCUT2D eigenvalue weighted by Gasteiger charge is 2.28. The number of phenols is 3. The molecule has 0 bridgehead atoms. The van der Waals surface area contributed by atoms with Crippen molar-refractivity contribution in [2.75, 3.05) is 0 Å². The fourth-order valence-electron chi connectivity index (χ4n) is 5.67. The molecule has 3 aromatic rings. The Balaban J connectivity index is 2.21. The van der Waals surface area contributed by atoms with E-state index in [1.54, 1.807) is 0 Å². The first-order chi connectivity index (χ1) is 17.9. The number of hydrogen-bond donors (Lipinski definition) is 3. The third-order valence-electron chi connectivity index (χ3n) is 7.92. The Morgan fingerprint density at radius 3 is 1.21 bits per heavy atom. The minimum Gasteiger partial charge on any atom is -0.508 e. The molecule has 0 aliphatic carbocycles.